The smallest absolute Gasteiger partial charge is 0.240 e. The molecule has 29 heavy (non-hydrogen) atoms. The van der Waals surface area contributed by atoms with E-state index >= 15 is 0 Å². The number of thioether (sulfide) groups is 1. The summed E-state index contributed by atoms with van der Waals surface area (Å²) in [7, 11) is 0. The fourth-order valence-electron chi connectivity index (χ4n) is 3.26. The number of aromatic nitrogens is 2. The van der Waals surface area contributed by atoms with Gasteiger partial charge >= 0.3 is 0 Å². The van der Waals surface area contributed by atoms with Gasteiger partial charge in [0, 0.05) is 48.2 Å². The highest BCUT2D eigenvalue weighted by molar-refractivity contribution is 7.98. The van der Waals surface area contributed by atoms with E-state index in [4.69, 9.17) is 0 Å². The van der Waals surface area contributed by atoms with Crippen molar-refractivity contribution >= 4 is 40.0 Å². The molecule has 1 aromatic carbocycles. The zero-order valence-electron chi connectivity index (χ0n) is 16.2. The molecule has 8 heteroatoms. The van der Waals surface area contributed by atoms with Crippen LogP contribution >= 0.6 is 23.1 Å². The fourth-order valence-corrected chi connectivity index (χ4v) is 4.41. The van der Waals surface area contributed by atoms with Crippen molar-refractivity contribution in [2.75, 3.05) is 49.2 Å². The minimum Gasteiger partial charge on any atom is -0.354 e. The van der Waals surface area contributed by atoms with Crippen LogP contribution in [0.5, 0.6) is 0 Å². The molecule has 0 bridgehead atoms. The maximum atomic E-state index is 12.4. The van der Waals surface area contributed by atoms with Crippen molar-refractivity contribution in [1.29, 1.82) is 0 Å². The van der Waals surface area contributed by atoms with Crippen molar-refractivity contribution in [1.82, 2.24) is 14.9 Å². The van der Waals surface area contributed by atoms with E-state index in [2.05, 4.69) is 55.6 Å². The Labute approximate surface area is 179 Å². The van der Waals surface area contributed by atoms with Crippen molar-refractivity contribution in [3.8, 4) is 11.3 Å². The van der Waals surface area contributed by atoms with E-state index in [1.807, 2.05) is 29.8 Å². The first-order valence-electron chi connectivity index (χ1n) is 9.49. The van der Waals surface area contributed by atoms with Gasteiger partial charge < -0.3 is 10.2 Å². The molecule has 0 unspecified atom stereocenters. The van der Waals surface area contributed by atoms with E-state index in [1.165, 1.54) is 16.2 Å². The standard InChI is InChI=1S/C21H23N5OS2/c1-28-17-7-5-16(6-8-17)18-15-29-21(23-18)24-20(27)14-25-10-12-26(13-11-25)19-4-2-3-9-22-19/h2-9,15H,10-14H2,1H3,(H,23,24,27). The number of nitrogens with one attached hydrogen (secondary N) is 1. The molecule has 6 nitrogen and oxygen atoms in total. The lowest BCUT2D eigenvalue weighted by atomic mass is 10.2. The van der Waals surface area contributed by atoms with Gasteiger partial charge in [-0.25, -0.2) is 9.97 Å². The normalized spacial score (nSPS) is 14.7. The summed E-state index contributed by atoms with van der Waals surface area (Å²) in [4.78, 5) is 27.1. The molecular weight excluding hydrogens is 402 g/mol. The first-order chi connectivity index (χ1) is 14.2. The van der Waals surface area contributed by atoms with Gasteiger partial charge in [-0.3, -0.25) is 9.69 Å². The molecule has 0 saturated carbocycles. The van der Waals surface area contributed by atoms with Gasteiger partial charge in [-0.05, 0) is 30.5 Å². The van der Waals surface area contributed by atoms with E-state index in [1.54, 1.807) is 11.8 Å². The zero-order chi connectivity index (χ0) is 20.1. The maximum absolute atomic E-state index is 12.4. The largest absolute Gasteiger partial charge is 0.354 e. The second-order valence-corrected chi connectivity index (χ2v) is 8.50. The first kappa shape index (κ1) is 19.9. The van der Waals surface area contributed by atoms with Gasteiger partial charge in [0.15, 0.2) is 5.13 Å². The van der Waals surface area contributed by atoms with Gasteiger partial charge in [0.25, 0.3) is 0 Å². The topological polar surface area (TPSA) is 61.4 Å². The summed E-state index contributed by atoms with van der Waals surface area (Å²) >= 11 is 3.17. The lowest BCUT2D eigenvalue weighted by molar-refractivity contribution is -0.117. The van der Waals surface area contributed by atoms with Crippen molar-refractivity contribution in [3.63, 3.8) is 0 Å². The number of pyridine rings is 1. The minimum atomic E-state index is -0.0186. The van der Waals surface area contributed by atoms with Crippen LogP contribution in [0.25, 0.3) is 11.3 Å². The van der Waals surface area contributed by atoms with Crippen LogP contribution in [-0.2, 0) is 4.79 Å². The van der Waals surface area contributed by atoms with Gasteiger partial charge in [0.05, 0.1) is 12.2 Å². The highest BCUT2D eigenvalue weighted by Crippen LogP contribution is 2.26. The van der Waals surface area contributed by atoms with Crippen LogP contribution < -0.4 is 10.2 Å². The average molecular weight is 426 g/mol. The number of piperazine rings is 1. The molecule has 1 saturated heterocycles. The Morgan fingerprint density at radius 2 is 1.93 bits per heavy atom. The van der Waals surface area contributed by atoms with Crippen molar-refractivity contribution in [2.24, 2.45) is 0 Å². The van der Waals surface area contributed by atoms with Crippen molar-refractivity contribution in [2.45, 2.75) is 4.90 Å². The number of carbonyl (C=O) groups is 1. The number of amides is 1. The number of anilines is 2. The van der Waals surface area contributed by atoms with Crippen LogP contribution in [0.15, 0.2) is 58.9 Å². The van der Waals surface area contributed by atoms with Crippen LogP contribution in [-0.4, -0.2) is 59.8 Å². The molecule has 1 aliphatic rings. The van der Waals surface area contributed by atoms with Gasteiger partial charge in [-0.2, -0.15) is 0 Å². The van der Waals surface area contributed by atoms with Crippen LogP contribution in [0, 0.1) is 0 Å². The lowest BCUT2D eigenvalue weighted by Crippen LogP contribution is -2.48. The highest BCUT2D eigenvalue weighted by atomic mass is 32.2. The molecule has 2 aromatic heterocycles. The van der Waals surface area contributed by atoms with Gasteiger partial charge in [-0.15, -0.1) is 23.1 Å². The monoisotopic (exact) mass is 425 g/mol. The van der Waals surface area contributed by atoms with Gasteiger partial charge in [0.2, 0.25) is 5.91 Å². The van der Waals surface area contributed by atoms with E-state index in [0.29, 0.717) is 11.7 Å². The summed E-state index contributed by atoms with van der Waals surface area (Å²) in [5.74, 6) is 0.979. The SMILES string of the molecule is CSc1ccc(-c2csc(NC(=O)CN3CCN(c4ccccn4)CC3)n2)cc1. The number of carbonyl (C=O) groups excluding carboxylic acids is 1. The molecule has 1 N–H and O–H groups in total. The Balaban J connectivity index is 1.27. The number of nitrogens with zero attached hydrogens (tertiary/aromatic N) is 4. The summed E-state index contributed by atoms with van der Waals surface area (Å²) in [6.07, 6.45) is 3.87. The third kappa shape index (κ3) is 5.14. The molecule has 3 heterocycles. The Morgan fingerprint density at radius 1 is 1.14 bits per heavy atom. The Hall–Kier alpha value is -2.42. The number of thiazole rings is 1. The molecule has 3 aromatic rings. The minimum absolute atomic E-state index is 0.0186. The number of hydrogen-bond donors (Lipinski definition) is 1. The molecule has 150 valence electrons. The quantitative estimate of drug-likeness (QED) is 0.608. The molecule has 1 aliphatic heterocycles. The molecule has 0 spiro atoms. The predicted octanol–water partition coefficient (Wildman–Crippen LogP) is 3.69. The third-order valence-electron chi connectivity index (χ3n) is 4.85. The third-order valence-corrected chi connectivity index (χ3v) is 6.35. The summed E-state index contributed by atoms with van der Waals surface area (Å²) in [6.45, 7) is 3.81. The van der Waals surface area contributed by atoms with Gasteiger partial charge in [-0.1, -0.05) is 18.2 Å². The number of rotatable bonds is 6. The Kier molecular flexibility index (Phi) is 6.43. The average Bonchev–Trinajstić information content (AvgIpc) is 3.23. The number of hydrogen-bond acceptors (Lipinski definition) is 7. The lowest BCUT2D eigenvalue weighted by Gasteiger charge is -2.34. The van der Waals surface area contributed by atoms with Crippen LogP contribution in [0.3, 0.4) is 0 Å². The summed E-state index contributed by atoms with van der Waals surface area (Å²) in [6, 6.07) is 14.2. The molecular formula is C21H23N5OS2. The van der Waals surface area contributed by atoms with Crippen molar-refractivity contribution in [3.05, 3.63) is 54.0 Å². The first-order valence-corrected chi connectivity index (χ1v) is 11.6. The highest BCUT2D eigenvalue weighted by Gasteiger charge is 2.20. The van der Waals surface area contributed by atoms with E-state index in [-0.39, 0.29) is 5.91 Å². The molecule has 1 amide bonds. The van der Waals surface area contributed by atoms with E-state index in [0.717, 1.165) is 43.3 Å². The summed E-state index contributed by atoms with van der Waals surface area (Å²) in [5, 5.41) is 5.57. The van der Waals surface area contributed by atoms with Crippen molar-refractivity contribution < 1.29 is 4.79 Å². The number of benzene rings is 1. The molecule has 4 rings (SSSR count). The molecule has 0 atom stereocenters. The zero-order valence-corrected chi connectivity index (χ0v) is 17.9. The molecule has 0 aliphatic carbocycles. The van der Waals surface area contributed by atoms with Crippen LogP contribution in [0.1, 0.15) is 0 Å². The second-order valence-electron chi connectivity index (χ2n) is 6.77. The Bertz CT molecular complexity index is 937. The van der Waals surface area contributed by atoms with E-state index < -0.39 is 0 Å². The summed E-state index contributed by atoms with van der Waals surface area (Å²) < 4.78 is 0. The molecule has 0 radical (unpaired) electrons. The second kappa shape index (κ2) is 9.39. The predicted molar refractivity (Wildman–Crippen MR) is 121 cm³/mol. The fraction of sp³-hybridized carbons (Fsp3) is 0.286. The maximum Gasteiger partial charge on any atom is 0.240 e. The van der Waals surface area contributed by atoms with Crippen LogP contribution in [0.4, 0.5) is 10.9 Å². The Morgan fingerprint density at radius 3 is 2.62 bits per heavy atom. The molecule has 1 fully saturated rings. The van der Waals surface area contributed by atoms with Crippen LogP contribution in [0.2, 0.25) is 0 Å². The summed E-state index contributed by atoms with van der Waals surface area (Å²) in [5.41, 5.74) is 1.95. The van der Waals surface area contributed by atoms with Gasteiger partial charge in [0.1, 0.15) is 5.82 Å². The van der Waals surface area contributed by atoms with E-state index in [9.17, 15) is 4.79 Å².